The average Bonchev–Trinajstić information content (AvgIpc) is 2.46. The minimum absolute atomic E-state index is 0.741. The summed E-state index contributed by atoms with van der Waals surface area (Å²) in [6.07, 6.45) is 0. The van der Waals surface area contributed by atoms with Crippen molar-refractivity contribution >= 4 is 5.69 Å². The Morgan fingerprint density at radius 3 is 2.39 bits per heavy atom. The van der Waals surface area contributed by atoms with Gasteiger partial charge in [0.1, 0.15) is 0 Å². The van der Waals surface area contributed by atoms with Gasteiger partial charge in [0.15, 0.2) is 11.5 Å². The molecule has 0 aliphatic heterocycles. The number of nitrogens with one attached hydrogen (secondary N) is 1. The van der Waals surface area contributed by atoms with Crippen molar-refractivity contribution < 1.29 is 9.47 Å². The third kappa shape index (κ3) is 2.25. The van der Waals surface area contributed by atoms with Gasteiger partial charge in [0.2, 0.25) is 0 Å². The highest BCUT2D eigenvalue weighted by Gasteiger charge is 2.11. The van der Waals surface area contributed by atoms with Crippen molar-refractivity contribution in [2.24, 2.45) is 0 Å². The number of rotatable bonds is 4. The third-order valence-corrected chi connectivity index (χ3v) is 2.87. The average molecular weight is 243 g/mol. The van der Waals surface area contributed by atoms with Crippen LogP contribution in [0.4, 0.5) is 5.69 Å². The molecule has 2 rings (SSSR count). The summed E-state index contributed by atoms with van der Waals surface area (Å²) in [5.41, 5.74) is 3.18. The second-order valence-electron chi connectivity index (χ2n) is 3.87. The monoisotopic (exact) mass is 243 g/mol. The van der Waals surface area contributed by atoms with Crippen molar-refractivity contribution in [3.05, 3.63) is 42.5 Å². The predicted octanol–water partition coefficient (Wildman–Crippen LogP) is 3.41. The lowest BCUT2D eigenvalue weighted by molar-refractivity contribution is 0.356. The molecule has 0 radical (unpaired) electrons. The summed E-state index contributed by atoms with van der Waals surface area (Å²) in [4.78, 5) is 0. The smallest absolute Gasteiger partial charge is 0.168 e. The topological polar surface area (TPSA) is 30.5 Å². The van der Waals surface area contributed by atoms with E-state index in [9.17, 15) is 0 Å². The van der Waals surface area contributed by atoms with E-state index in [1.807, 2.05) is 37.4 Å². The van der Waals surface area contributed by atoms with Crippen molar-refractivity contribution in [2.75, 3.05) is 26.6 Å². The van der Waals surface area contributed by atoms with Crippen molar-refractivity contribution in [2.45, 2.75) is 0 Å². The molecule has 0 bridgehead atoms. The van der Waals surface area contributed by atoms with Crippen LogP contribution >= 0.6 is 0 Å². The lowest BCUT2D eigenvalue weighted by Crippen LogP contribution is -1.94. The van der Waals surface area contributed by atoms with Gasteiger partial charge in [-0.25, -0.2) is 0 Å². The van der Waals surface area contributed by atoms with Gasteiger partial charge in [-0.1, -0.05) is 24.3 Å². The standard InChI is InChI=1S/C15H17NO2/c1-16-12-7-4-6-11(10-12)13-8-5-9-14(17-2)15(13)18-3/h4-10,16H,1-3H3. The van der Waals surface area contributed by atoms with Crippen LogP contribution in [0.5, 0.6) is 11.5 Å². The summed E-state index contributed by atoms with van der Waals surface area (Å²) in [5.74, 6) is 1.50. The summed E-state index contributed by atoms with van der Waals surface area (Å²) >= 11 is 0. The van der Waals surface area contributed by atoms with Crippen LogP contribution in [0.25, 0.3) is 11.1 Å². The van der Waals surface area contributed by atoms with Crippen LogP contribution in [0.15, 0.2) is 42.5 Å². The molecule has 3 heteroatoms. The van der Waals surface area contributed by atoms with Crippen molar-refractivity contribution in [3.63, 3.8) is 0 Å². The summed E-state index contributed by atoms with van der Waals surface area (Å²) in [6, 6.07) is 14.1. The minimum atomic E-state index is 0.741. The molecule has 0 aliphatic rings. The van der Waals surface area contributed by atoms with E-state index >= 15 is 0 Å². The van der Waals surface area contributed by atoms with Crippen LogP contribution in [0.1, 0.15) is 0 Å². The molecule has 0 aliphatic carbocycles. The van der Waals surface area contributed by atoms with Crippen LogP contribution in [0.3, 0.4) is 0 Å². The molecule has 0 aromatic heterocycles. The summed E-state index contributed by atoms with van der Waals surface area (Å²) in [6.45, 7) is 0. The summed E-state index contributed by atoms with van der Waals surface area (Å²) < 4.78 is 10.8. The highest BCUT2D eigenvalue weighted by molar-refractivity contribution is 5.76. The van der Waals surface area contributed by atoms with E-state index in [4.69, 9.17) is 9.47 Å². The fourth-order valence-corrected chi connectivity index (χ4v) is 1.96. The maximum atomic E-state index is 5.45. The molecule has 0 saturated carbocycles. The minimum Gasteiger partial charge on any atom is -0.493 e. The Morgan fingerprint density at radius 1 is 0.944 bits per heavy atom. The van der Waals surface area contributed by atoms with E-state index in [0.29, 0.717) is 0 Å². The van der Waals surface area contributed by atoms with Gasteiger partial charge >= 0.3 is 0 Å². The molecule has 3 nitrogen and oxygen atoms in total. The van der Waals surface area contributed by atoms with Crippen molar-refractivity contribution in [3.8, 4) is 22.6 Å². The van der Waals surface area contributed by atoms with Gasteiger partial charge in [-0.15, -0.1) is 0 Å². The molecular weight excluding hydrogens is 226 g/mol. The van der Waals surface area contributed by atoms with E-state index in [1.54, 1.807) is 14.2 Å². The fraction of sp³-hybridized carbons (Fsp3) is 0.200. The van der Waals surface area contributed by atoms with E-state index in [1.165, 1.54) is 0 Å². The van der Waals surface area contributed by atoms with Crippen LogP contribution in [0.2, 0.25) is 0 Å². The molecular formula is C15H17NO2. The Hall–Kier alpha value is -2.16. The molecule has 0 atom stereocenters. The maximum Gasteiger partial charge on any atom is 0.168 e. The number of hydrogen-bond acceptors (Lipinski definition) is 3. The predicted molar refractivity (Wildman–Crippen MR) is 74.5 cm³/mol. The Labute approximate surface area is 107 Å². The van der Waals surface area contributed by atoms with Gasteiger partial charge in [-0.3, -0.25) is 0 Å². The Kier molecular flexibility index (Phi) is 3.72. The molecule has 0 heterocycles. The zero-order chi connectivity index (χ0) is 13.0. The normalized spacial score (nSPS) is 9.94. The molecule has 0 amide bonds. The van der Waals surface area contributed by atoms with Gasteiger partial charge < -0.3 is 14.8 Å². The van der Waals surface area contributed by atoms with Gasteiger partial charge in [0.05, 0.1) is 14.2 Å². The molecule has 0 saturated heterocycles. The highest BCUT2D eigenvalue weighted by Crippen LogP contribution is 2.38. The first-order chi connectivity index (χ1) is 8.80. The Bertz CT molecular complexity index is 538. The molecule has 0 unspecified atom stereocenters. The second-order valence-corrected chi connectivity index (χ2v) is 3.87. The number of hydrogen-bond donors (Lipinski definition) is 1. The van der Waals surface area contributed by atoms with Crippen LogP contribution in [-0.4, -0.2) is 21.3 Å². The van der Waals surface area contributed by atoms with Crippen LogP contribution in [-0.2, 0) is 0 Å². The quantitative estimate of drug-likeness (QED) is 0.892. The highest BCUT2D eigenvalue weighted by atomic mass is 16.5. The molecule has 18 heavy (non-hydrogen) atoms. The lowest BCUT2D eigenvalue weighted by Gasteiger charge is -2.13. The van der Waals surface area contributed by atoms with Gasteiger partial charge in [-0.05, 0) is 23.8 Å². The van der Waals surface area contributed by atoms with Gasteiger partial charge in [-0.2, -0.15) is 0 Å². The fourth-order valence-electron chi connectivity index (χ4n) is 1.96. The maximum absolute atomic E-state index is 5.45. The SMILES string of the molecule is CNc1cccc(-c2cccc(OC)c2OC)c1. The summed E-state index contributed by atoms with van der Waals surface area (Å²) in [7, 11) is 5.21. The number of ether oxygens (including phenoxy) is 2. The number of anilines is 1. The van der Waals surface area contributed by atoms with Crippen molar-refractivity contribution in [1.82, 2.24) is 0 Å². The van der Waals surface area contributed by atoms with E-state index in [2.05, 4.69) is 17.4 Å². The summed E-state index contributed by atoms with van der Waals surface area (Å²) in [5, 5.41) is 3.13. The van der Waals surface area contributed by atoms with Crippen LogP contribution in [0, 0.1) is 0 Å². The first kappa shape index (κ1) is 12.3. The first-order valence-electron chi connectivity index (χ1n) is 5.79. The molecule has 1 N–H and O–H groups in total. The number of para-hydroxylation sites is 1. The molecule has 0 spiro atoms. The molecule has 2 aromatic carbocycles. The largest absolute Gasteiger partial charge is 0.493 e. The molecule has 2 aromatic rings. The van der Waals surface area contributed by atoms with E-state index < -0.39 is 0 Å². The Morgan fingerprint density at radius 2 is 1.72 bits per heavy atom. The van der Waals surface area contributed by atoms with E-state index in [0.717, 1.165) is 28.3 Å². The number of methoxy groups -OCH3 is 2. The molecule has 0 fully saturated rings. The van der Waals surface area contributed by atoms with Gasteiger partial charge in [0, 0.05) is 18.3 Å². The zero-order valence-corrected chi connectivity index (χ0v) is 10.9. The second kappa shape index (κ2) is 5.45. The van der Waals surface area contributed by atoms with Crippen LogP contribution < -0.4 is 14.8 Å². The van der Waals surface area contributed by atoms with Gasteiger partial charge in [0.25, 0.3) is 0 Å². The third-order valence-electron chi connectivity index (χ3n) is 2.87. The first-order valence-corrected chi connectivity index (χ1v) is 5.79. The Balaban J connectivity index is 2.55. The number of benzene rings is 2. The van der Waals surface area contributed by atoms with E-state index in [-0.39, 0.29) is 0 Å². The zero-order valence-electron chi connectivity index (χ0n) is 10.9. The lowest BCUT2D eigenvalue weighted by atomic mass is 10.0. The van der Waals surface area contributed by atoms with Crippen molar-refractivity contribution in [1.29, 1.82) is 0 Å². The molecule has 94 valence electrons.